The Morgan fingerprint density at radius 1 is 1.23 bits per heavy atom. The van der Waals surface area contributed by atoms with Crippen molar-refractivity contribution in [2.75, 3.05) is 31.1 Å². The molecule has 22 heavy (non-hydrogen) atoms. The van der Waals surface area contributed by atoms with E-state index < -0.39 is 6.03 Å². The van der Waals surface area contributed by atoms with Crippen molar-refractivity contribution in [3.8, 4) is 0 Å². The van der Waals surface area contributed by atoms with Gasteiger partial charge in [-0.05, 0) is 19.1 Å². The topological polar surface area (TPSA) is 84.5 Å². The van der Waals surface area contributed by atoms with Crippen LogP contribution in [0, 0.1) is 0 Å². The molecule has 116 valence electrons. The Morgan fingerprint density at radius 2 is 1.91 bits per heavy atom. The first-order valence-electron chi connectivity index (χ1n) is 7.40. The van der Waals surface area contributed by atoms with Gasteiger partial charge in [0, 0.05) is 32.7 Å². The van der Waals surface area contributed by atoms with Gasteiger partial charge in [-0.1, -0.05) is 12.1 Å². The summed E-state index contributed by atoms with van der Waals surface area (Å²) in [6, 6.07) is 7.21. The number of hydrogen-bond acceptors (Lipinski definition) is 4. The number of amides is 2. The predicted molar refractivity (Wildman–Crippen MR) is 85.0 cm³/mol. The molecule has 2 aromatic rings. The fraction of sp³-hybridized carbons (Fsp3) is 0.400. The fourth-order valence-corrected chi connectivity index (χ4v) is 2.84. The molecule has 7 nitrogen and oxygen atoms in total. The number of fused-ring (bicyclic) bond motifs is 1. The molecule has 0 unspecified atom stereocenters. The van der Waals surface area contributed by atoms with E-state index in [9.17, 15) is 9.59 Å². The summed E-state index contributed by atoms with van der Waals surface area (Å²) in [5, 5.41) is 0. The van der Waals surface area contributed by atoms with Gasteiger partial charge in [-0.25, -0.2) is 9.78 Å². The minimum absolute atomic E-state index is 0.0891. The van der Waals surface area contributed by atoms with E-state index in [0.29, 0.717) is 38.5 Å². The first-order valence-corrected chi connectivity index (χ1v) is 7.40. The molecule has 0 bridgehead atoms. The number of urea groups is 1. The van der Waals surface area contributed by atoms with Crippen molar-refractivity contribution < 1.29 is 4.79 Å². The summed E-state index contributed by atoms with van der Waals surface area (Å²) in [4.78, 5) is 31.9. The molecule has 1 aromatic heterocycles. The number of nitrogens with zero attached hydrogens (tertiary/aromatic N) is 4. The normalized spacial score (nSPS) is 15.3. The van der Waals surface area contributed by atoms with E-state index in [1.54, 1.807) is 9.47 Å². The molecule has 0 spiro atoms. The second kappa shape index (κ2) is 5.67. The largest absolute Gasteiger partial charge is 0.351 e. The lowest BCUT2D eigenvalue weighted by Crippen LogP contribution is -2.52. The zero-order valence-electron chi connectivity index (χ0n) is 12.5. The van der Waals surface area contributed by atoms with Crippen LogP contribution in [0.2, 0.25) is 0 Å². The zero-order valence-corrected chi connectivity index (χ0v) is 12.5. The number of aryl methyl sites for hydroxylation is 1. The van der Waals surface area contributed by atoms with Crippen LogP contribution >= 0.6 is 0 Å². The van der Waals surface area contributed by atoms with Crippen LogP contribution in [0.3, 0.4) is 0 Å². The zero-order chi connectivity index (χ0) is 15.7. The van der Waals surface area contributed by atoms with Gasteiger partial charge in [0.15, 0.2) is 5.82 Å². The minimum atomic E-state index is -0.419. The second-order valence-electron chi connectivity index (χ2n) is 5.29. The van der Waals surface area contributed by atoms with Gasteiger partial charge >= 0.3 is 6.03 Å². The monoisotopic (exact) mass is 301 g/mol. The maximum atomic E-state index is 12.7. The lowest BCUT2D eigenvalue weighted by Gasteiger charge is -2.34. The second-order valence-corrected chi connectivity index (χ2v) is 5.29. The summed E-state index contributed by atoms with van der Waals surface area (Å²) in [5.74, 6) is 0.449. The van der Waals surface area contributed by atoms with E-state index in [4.69, 9.17) is 5.73 Å². The van der Waals surface area contributed by atoms with Crippen molar-refractivity contribution in [2.45, 2.75) is 13.5 Å². The highest BCUT2D eigenvalue weighted by Crippen LogP contribution is 2.15. The van der Waals surface area contributed by atoms with Crippen LogP contribution in [0.5, 0.6) is 0 Å². The van der Waals surface area contributed by atoms with Gasteiger partial charge in [-0.15, -0.1) is 0 Å². The molecule has 0 radical (unpaired) electrons. The molecule has 2 amide bonds. The highest BCUT2D eigenvalue weighted by atomic mass is 16.2. The summed E-state index contributed by atoms with van der Waals surface area (Å²) < 4.78 is 1.73. The average molecular weight is 301 g/mol. The van der Waals surface area contributed by atoms with Crippen LogP contribution in [0.25, 0.3) is 11.0 Å². The van der Waals surface area contributed by atoms with Crippen molar-refractivity contribution in [3.63, 3.8) is 0 Å². The SMILES string of the molecule is CCn1c(=O)c(N2CCN(C(N)=O)CC2)nc2ccccc21. The van der Waals surface area contributed by atoms with Gasteiger partial charge in [-0.2, -0.15) is 0 Å². The molecule has 1 aliphatic heterocycles. The standard InChI is InChI=1S/C15H19N5O2/c1-2-20-12-6-4-3-5-11(12)17-13(14(20)21)18-7-9-19(10-8-18)15(16)22/h3-6H,2,7-10H2,1H3,(H2,16,22). The number of benzene rings is 1. The van der Waals surface area contributed by atoms with Crippen LogP contribution in [0.15, 0.2) is 29.1 Å². The number of hydrogen-bond donors (Lipinski definition) is 1. The van der Waals surface area contributed by atoms with Gasteiger partial charge < -0.3 is 20.1 Å². The molecular weight excluding hydrogens is 282 g/mol. The molecule has 1 fully saturated rings. The molecule has 3 rings (SSSR count). The van der Waals surface area contributed by atoms with Gasteiger partial charge in [-0.3, -0.25) is 4.79 Å². The smallest absolute Gasteiger partial charge is 0.314 e. The number of piperazine rings is 1. The Hall–Kier alpha value is -2.57. The number of anilines is 1. The number of rotatable bonds is 2. The van der Waals surface area contributed by atoms with E-state index in [2.05, 4.69) is 4.98 Å². The van der Waals surface area contributed by atoms with Crippen molar-refractivity contribution in [3.05, 3.63) is 34.6 Å². The van der Waals surface area contributed by atoms with Crippen molar-refractivity contribution in [1.29, 1.82) is 0 Å². The molecule has 2 N–H and O–H groups in total. The molecule has 1 aromatic carbocycles. The highest BCUT2D eigenvalue weighted by Gasteiger charge is 2.23. The fourth-order valence-electron chi connectivity index (χ4n) is 2.84. The molecular formula is C15H19N5O2. The number of para-hydroxylation sites is 2. The Kier molecular flexibility index (Phi) is 3.70. The van der Waals surface area contributed by atoms with Gasteiger partial charge in [0.1, 0.15) is 0 Å². The van der Waals surface area contributed by atoms with Crippen LogP contribution < -0.4 is 16.2 Å². The molecule has 0 saturated carbocycles. The number of carbonyl (C=O) groups is 1. The molecule has 1 aliphatic rings. The van der Waals surface area contributed by atoms with Crippen LogP contribution in [-0.4, -0.2) is 46.7 Å². The van der Waals surface area contributed by atoms with E-state index in [0.717, 1.165) is 11.0 Å². The maximum absolute atomic E-state index is 12.7. The van der Waals surface area contributed by atoms with Gasteiger partial charge in [0.2, 0.25) is 0 Å². The number of aromatic nitrogens is 2. The molecule has 2 heterocycles. The maximum Gasteiger partial charge on any atom is 0.314 e. The number of nitrogens with two attached hydrogens (primary N) is 1. The summed E-state index contributed by atoms with van der Waals surface area (Å²) >= 11 is 0. The van der Waals surface area contributed by atoms with Crippen LogP contribution in [0.1, 0.15) is 6.92 Å². The Bertz CT molecular complexity index is 762. The quantitative estimate of drug-likeness (QED) is 0.881. The Balaban J connectivity index is 2.00. The van der Waals surface area contributed by atoms with Crippen molar-refractivity contribution in [1.82, 2.24) is 14.5 Å². The van der Waals surface area contributed by atoms with E-state index in [1.165, 1.54) is 0 Å². The Labute approximate surface area is 127 Å². The third kappa shape index (κ3) is 2.38. The minimum Gasteiger partial charge on any atom is -0.351 e. The first kappa shape index (κ1) is 14.4. The number of carbonyl (C=O) groups excluding carboxylic acids is 1. The van der Waals surface area contributed by atoms with E-state index in [1.807, 2.05) is 36.1 Å². The van der Waals surface area contributed by atoms with Crippen LogP contribution in [0.4, 0.5) is 10.6 Å². The first-order chi connectivity index (χ1) is 10.6. The van der Waals surface area contributed by atoms with E-state index in [-0.39, 0.29) is 5.56 Å². The Morgan fingerprint density at radius 3 is 2.55 bits per heavy atom. The molecule has 0 aliphatic carbocycles. The highest BCUT2D eigenvalue weighted by molar-refractivity contribution is 5.76. The molecule has 0 atom stereocenters. The lowest BCUT2D eigenvalue weighted by atomic mass is 10.2. The summed E-state index contributed by atoms with van der Waals surface area (Å²) in [5.41, 5.74) is 6.84. The number of primary amides is 1. The average Bonchev–Trinajstić information content (AvgIpc) is 2.54. The van der Waals surface area contributed by atoms with Crippen LogP contribution in [-0.2, 0) is 6.54 Å². The summed E-state index contributed by atoms with van der Waals surface area (Å²) in [7, 11) is 0. The van der Waals surface area contributed by atoms with Crippen molar-refractivity contribution >= 4 is 22.9 Å². The summed E-state index contributed by atoms with van der Waals surface area (Å²) in [6.07, 6.45) is 0. The van der Waals surface area contributed by atoms with Gasteiger partial charge in [0.05, 0.1) is 11.0 Å². The summed E-state index contributed by atoms with van der Waals surface area (Å²) in [6.45, 7) is 4.68. The van der Waals surface area contributed by atoms with Crippen molar-refractivity contribution in [2.24, 2.45) is 5.73 Å². The van der Waals surface area contributed by atoms with Gasteiger partial charge in [0.25, 0.3) is 5.56 Å². The molecule has 7 heteroatoms. The van der Waals surface area contributed by atoms with E-state index >= 15 is 0 Å². The third-order valence-electron chi connectivity index (χ3n) is 4.04. The predicted octanol–water partition coefficient (Wildman–Crippen LogP) is 0.617. The molecule has 1 saturated heterocycles. The third-order valence-corrected chi connectivity index (χ3v) is 4.04. The lowest BCUT2D eigenvalue weighted by molar-refractivity contribution is 0.204.